The van der Waals surface area contributed by atoms with Gasteiger partial charge in [0.2, 0.25) is 0 Å². The van der Waals surface area contributed by atoms with Gasteiger partial charge in [-0.05, 0) is 18.2 Å². The lowest BCUT2D eigenvalue weighted by Crippen LogP contribution is -1.70. The average Bonchev–Trinajstić information content (AvgIpc) is 2.12. The summed E-state index contributed by atoms with van der Waals surface area (Å²) in [6.07, 6.45) is 2.97. The Bertz CT molecular complexity index is 30.6. The van der Waals surface area contributed by atoms with Gasteiger partial charge in [0, 0.05) is 0 Å². The van der Waals surface area contributed by atoms with Crippen LogP contribution in [0.5, 0.6) is 0 Å². The van der Waals surface area contributed by atoms with Gasteiger partial charge in [0.1, 0.15) is 0 Å². The zero-order valence-electron chi connectivity index (χ0n) is 3.49. The van der Waals surface area contributed by atoms with Gasteiger partial charge in [-0.15, -0.1) is 8.58 Å². The molecule has 0 aliphatic carbocycles. The maximum absolute atomic E-state index is 2.27. The van der Waals surface area contributed by atoms with E-state index in [0.717, 1.165) is 5.66 Å². The number of hydrogen-bond acceptors (Lipinski definition) is 0. The minimum absolute atomic E-state index is 1.16. The predicted molar refractivity (Wildman–Crippen MR) is 27.3 cm³/mol. The third-order valence-electron chi connectivity index (χ3n) is 0.986. The van der Waals surface area contributed by atoms with Crippen molar-refractivity contribution in [2.24, 2.45) is 0 Å². The fourth-order valence-corrected chi connectivity index (χ4v) is 1.12. The van der Waals surface area contributed by atoms with Crippen molar-refractivity contribution in [2.45, 2.75) is 19.0 Å². The van der Waals surface area contributed by atoms with Gasteiger partial charge in [0.25, 0.3) is 0 Å². The van der Waals surface area contributed by atoms with Crippen molar-refractivity contribution < 1.29 is 0 Å². The van der Waals surface area contributed by atoms with E-state index in [1.807, 2.05) is 0 Å². The summed E-state index contributed by atoms with van der Waals surface area (Å²) >= 11 is 0. The lowest BCUT2D eigenvalue weighted by atomic mass is 10.4. The monoisotopic (exact) mass is 88.0 g/mol. The van der Waals surface area contributed by atoms with Crippen molar-refractivity contribution in [1.29, 1.82) is 0 Å². The summed E-state index contributed by atoms with van der Waals surface area (Å²) in [5, 5.41) is 0. The first kappa shape index (κ1) is 3.61. The van der Waals surface area contributed by atoms with Crippen molar-refractivity contribution >= 4 is 8.58 Å². The molecule has 0 aromatic carbocycles. The minimum atomic E-state index is 1.16. The van der Waals surface area contributed by atoms with E-state index in [-0.39, 0.29) is 0 Å². The second-order valence-corrected chi connectivity index (χ2v) is 3.15. The van der Waals surface area contributed by atoms with Crippen LogP contribution in [0.15, 0.2) is 0 Å². The quantitative estimate of drug-likeness (QED) is 0.425. The summed E-state index contributed by atoms with van der Waals surface area (Å²) < 4.78 is 0. The Labute approximate surface area is 34.7 Å². The van der Waals surface area contributed by atoms with E-state index in [1.165, 1.54) is 21.2 Å². The van der Waals surface area contributed by atoms with E-state index in [2.05, 4.69) is 6.92 Å². The molecule has 1 rings (SSSR count). The Morgan fingerprint density at radius 1 is 2.00 bits per heavy atom. The summed E-state index contributed by atoms with van der Waals surface area (Å²) in [4.78, 5) is 0. The topological polar surface area (TPSA) is 0 Å². The van der Waals surface area contributed by atoms with Crippen molar-refractivity contribution in [1.82, 2.24) is 0 Å². The van der Waals surface area contributed by atoms with E-state index in [9.17, 15) is 0 Å². The van der Waals surface area contributed by atoms with Crippen LogP contribution in [0, 0.1) is 0 Å². The fourth-order valence-electron chi connectivity index (χ4n) is 0.372. The smallest absolute Gasteiger partial charge is 0.0202 e. The maximum Gasteiger partial charge on any atom is -0.0202 e. The lowest BCUT2D eigenvalue weighted by molar-refractivity contribution is 0.980. The van der Waals surface area contributed by atoms with Crippen LogP contribution in [0.1, 0.15) is 13.3 Å². The van der Waals surface area contributed by atoms with Gasteiger partial charge in [0.15, 0.2) is 0 Å². The number of hydrogen-bond donors (Lipinski definition) is 0. The van der Waals surface area contributed by atoms with Crippen molar-refractivity contribution in [3.05, 3.63) is 0 Å². The average molecular weight is 88.1 g/mol. The Hall–Kier alpha value is 0.430. The molecule has 2 atom stereocenters. The molecule has 0 radical (unpaired) electrons. The molecule has 0 spiro atoms. The largest absolute Gasteiger partial charge is 0.118 e. The molecule has 2 unspecified atom stereocenters. The second kappa shape index (κ2) is 1.26. The summed E-state index contributed by atoms with van der Waals surface area (Å²) in [7, 11) is 1.32. The highest BCUT2D eigenvalue weighted by Crippen LogP contribution is 2.40. The highest BCUT2D eigenvalue weighted by molar-refractivity contribution is 7.47. The predicted octanol–water partition coefficient (Wildman–Crippen LogP) is 1.46. The molecule has 1 aliphatic heterocycles. The van der Waals surface area contributed by atoms with Gasteiger partial charge in [-0.2, -0.15) is 0 Å². The van der Waals surface area contributed by atoms with Gasteiger partial charge < -0.3 is 0 Å². The van der Waals surface area contributed by atoms with Crippen molar-refractivity contribution in [3.63, 3.8) is 0 Å². The molecule has 0 saturated carbocycles. The van der Waals surface area contributed by atoms with Gasteiger partial charge >= 0.3 is 0 Å². The Kier molecular flexibility index (Phi) is 0.911. The summed E-state index contributed by atoms with van der Waals surface area (Å²) in [5.41, 5.74) is 1.16. The van der Waals surface area contributed by atoms with Crippen LogP contribution in [0.3, 0.4) is 0 Å². The Morgan fingerprint density at radius 2 is 2.60 bits per heavy atom. The second-order valence-electron chi connectivity index (χ2n) is 1.51. The molecule has 0 aromatic heterocycles. The van der Waals surface area contributed by atoms with Crippen LogP contribution in [0.2, 0.25) is 0 Å². The normalized spacial score (nSPS) is 39.0. The molecule has 1 saturated heterocycles. The van der Waals surface area contributed by atoms with Crippen LogP contribution < -0.4 is 0 Å². The van der Waals surface area contributed by atoms with E-state index >= 15 is 0 Å². The van der Waals surface area contributed by atoms with E-state index in [1.54, 1.807) is 0 Å². The summed E-state index contributed by atoms with van der Waals surface area (Å²) in [5.74, 6) is 0. The van der Waals surface area contributed by atoms with Crippen LogP contribution in [-0.2, 0) is 0 Å². The molecule has 0 amide bonds. The molecule has 0 nitrogen and oxygen atoms in total. The first-order valence-electron chi connectivity index (χ1n) is 2.17. The molecule has 0 bridgehead atoms. The lowest BCUT2D eigenvalue weighted by Gasteiger charge is -1.72. The zero-order valence-corrected chi connectivity index (χ0v) is 4.49. The van der Waals surface area contributed by atoms with Gasteiger partial charge in [0.05, 0.1) is 0 Å². The third-order valence-corrected chi connectivity index (χ3v) is 2.38. The molecule has 1 aliphatic rings. The van der Waals surface area contributed by atoms with Crippen LogP contribution in [-0.4, -0.2) is 11.8 Å². The van der Waals surface area contributed by atoms with Crippen LogP contribution in [0.25, 0.3) is 0 Å². The Balaban J connectivity index is 2.00. The van der Waals surface area contributed by atoms with Gasteiger partial charge in [-0.25, -0.2) is 0 Å². The first-order valence-corrected chi connectivity index (χ1v) is 3.45. The molecular formula is C4H9P. The van der Waals surface area contributed by atoms with E-state index in [4.69, 9.17) is 0 Å². The summed E-state index contributed by atoms with van der Waals surface area (Å²) in [6, 6.07) is 0. The first-order chi connectivity index (χ1) is 2.43. The van der Waals surface area contributed by atoms with Gasteiger partial charge in [-0.1, -0.05) is 6.92 Å². The molecule has 1 heteroatoms. The molecule has 1 fully saturated rings. The number of rotatable bonds is 1. The summed E-state index contributed by atoms with van der Waals surface area (Å²) in [6.45, 7) is 2.27. The molecule has 0 N–H and O–H groups in total. The van der Waals surface area contributed by atoms with Crippen LogP contribution >= 0.6 is 8.58 Å². The third kappa shape index (κ3) is 0.887. The maximum atomic E-state index is 2.27. The fraction of sp³-hybridized carbons (Fsp3) is 1.00. The van der Waals surface area contributed by atoms with E-state index in [0.29, 0.717) is 0 Å². The Morgan fingerprint density at radius 3 is 2.60 bits per heavy atom. The highest BCUT2D eigenvalue weighted by Gasteiger charge is 2.17. The molecular weight excluding hydrogens is 79.0 g/mol. The molecule has 30 valence electrons. The van der Waals surface area contributed by atoms with Crippen molar-refractivity contribution in [3.8, 4) is 0 Å². The molecule has 1 heterocycles. The molecule has 5 heavy (non-hydrogen) atoms. The molecule has 0 aromatic rings. The zero-order chi connectivity index (χ0) is 3.70. The van der Waals surface area contributed by atoms with E-state index < -0.39 is 0 Å². The highest BCUT2D eigenvalue weighted by atomic mass is 31.1. The van der Waals surface area contributed by atoms with Crippen LogP contribution in [0.4, 0.5) is 0 Å². The minimum Gasteiger partial charge on any atom is -0.118 e. The SMILES string of the molecule is CCC1CP1. The van der Waals surface area contributed by atoms with Gasteiger partial charge in [-0.3, -0.25) is 0 Å². The standard InChI is InChI=1S/C4H9P/c1-2-4-3-5-4/h4-5H,2-3H2,1H3. The van der Waals surface area contributed by atoms with Crippen molar-refractivity contribution in [2.75, 3.05) is 6.16 Å².